The summed E-state index contributed by atoms with van der Waals surface area (Å²) in [5.41, 5.74) is 2.13. The molecule has 0 radical (unpaired) electrons. The Morgan fingerprint density at radius 2 is 1.45 bits per heavy atom. The number of ether oxygens (including phenoxy) is 2. The third-order valence-electron chi connectivity index (χ3n) is 4.96. The zero-order valence-electron chi connectivity index (χ0n) is 15.8. The summed E-state index contributed by atoms with van der Waals surface area (Å²) in [5.74, 6) is -0.456. The zero-order valence-corrected chi connectivity index (χ0v) is 15.8. The highest BCUT2D eigenvalue weighted by molar-refractivity contribution is 6.30. The third kappa shape index (κ3) is 3.43. The first-order valence-electron chi connectivity index (χ1n) is 9.21. The molecule has 0 spiro atoms. The molecule has 5 nitrogen and oxygen atoms in total. The van der Waals surface area contributed by atoms with Crippen molar-refractivity contribution >= 4 is 17.5 Å². The number of fused-ring (bicyclic) bond motifs is 2. The fourth-order valence-corrected chi connectivity index (χ4v) is 3.45. The summed E-state index contributed by atoms with van der Waals surface area (Å²) in [6, 6.07) is 18.8. The summed E-state index contributed by atoms with van der Waals surface area (Å²) in [4.78, 5) is 38.4. The van der Waals surface area contributed by atoms with E-state index in [0.717, 1.165) is 11.3 Å². The van der Waals surface area contributed by atoms with Gasteiger partial charge in [0.25, 0.3) is 0 Å². The van der Waals surface area contributed by atoms with Gasteiger partial charge in [0.05, 0.1) is 19.3 Å². The fraction of sp³-hybridized carbons (Fsp3) is 0.125. The molecule has 0 aliphatic heterocycles. The van der Waals surface area contributed by atoms with Crippen molar-refractivity contribution < 1.29 is 23.9 Å². The molecule has 144 valence electrons. The van der Waals surface area contributed by atoms with Gasteiger partial charge in [-0.3, -0.25) is 9.59 Å². The van der Waals surface area contributed by atoms with Crippen molar-refractivity contribution in [2.24, 2.45) is 0 Å². The van der Waals surface area contributed by atoms with Gasteiger partial charge in [-0.1, -0.05) is 48.5 Å². The van der Waals surface area contributed by atoms with Crippen LogP contribution in [-0.4, -0.2) is 31.3 Å². The van der Waals surface area contributed by atoms with Gasteiger partial charge in [0.1, 0.15) is 5.75 Å². The Morgan fingerprint density at radius 1 is 0.793 bits per heavy atom. The van der Waals surface area contributed by atoms with Crippen LogP contribution < -0.4 is 4.74 Å². The zero-order chi connectivity index (χ0) is 20.4. The molecule has 0 unspecified atom stereocenters. The van der Waals surface area contributed by atoms with Crippen LogP contribution in [0.15, 0.2) is 66.7 Å². The van der Waals surface area contributed by atoms with Gasteiger partial charge in [0, 0.05) is 28.7 Å². The maximum atomic E-state index is 13.0. The molecule has 3 aromatic rings. The number of esters is 1. The molecule has 1 aliphatic carbocycles. The van der Waals surface area contributed by atoms with Crippen molar-refractivity contribution in [3.05, 3.63) is 100 Å². The first-order valence-corrected chi connectivity index (χ1v) is 9.21. The Hall–Kier alpha value is -3.73. The van der Waals surface area contributed by atoms with E-state index in [1.54, 1.807) is 43.5 Å². The number of carbonyl (C=O) groups is 3. The lowest BCUT2D eigenvalue weighted by Gasteiger charge is -2.19. The summed E-state index contributed by atoms with van der Waals surface area (Å²) in [7, 11) is 1.60. The molecule has 0 atom stereocenters. The smallest absolute Gasteiger partial charge is 0.338 e. The molecule has 4 rings (SSSR count). The van der Waals surface area contributed by atoms with E-state index in [-0.39, 0.29) is 34.9 Å². The Morgan fingerprint density at radius 3 is 2.14 bits per heavy atom. The molecule has 29 heavy (non-hydrogen) atoms. The minimum absolute atomic E-state index is 0.116. The number of hydrogen-bond acceptors (Lipinski definition) is 5. The molecule has 1 aliphatic rings. The maximum Gasteiger partial charge on any atom is 0.338 e. The number of ketones is 2. The molecule has 5 heteroatoms. The summed E-state index contributed by atoms with van der Waals surface area (Å²) < 4.78 is 10.5. The number of methoxy groups -OCH3 is 1. The first kappa shape index (κ1) is 18.6. The number of benzene rings is 3. The minimum Gasteiger partial charge on any atom is -0.497 e. The van der Waals surface area contributed by atoms with Crippen molar-refractivity contribution in [1.29, 1.82) is 0 Å². The van der Waals surface area contributed by atoms with E-state index in [1.165, 1.54) is 6.07 Å². The van der Waals surface area contributed by atoms with Crippen LogP contribution in [0, 0.1) is 0 Å². The molecular formula is C24H18O5. The Bertz CT molecular complexity index is 1110. The lowest BCUT2D eigenvalue weighted by atomic mass is 9.82. The lowest BCUT2D eigenvalue weighted by Crippen LogP contribution is -2.24. The lowest BCUT2D eigenvalue weighted by molar-refractivity contribution is 0.0506. The van der Waals surface area contributed by atoms with Crippen molar-refractivity contribution in [3.63, 3.8) is 0 Å². The van der Waals surface area contributed by atoms with Crippen molar-refractivity contribution in [1.82, 2.24) is 0 Å². The van der Waals surface area contributed by atoms with Crippen LogP contribution in [0.5, 0.6) is 5.75 Å². The summed E-state index contributed by atoms with van der Waals surface area (Å²) in [6.07, 6.45) is 0.528. The van der Waals surface area contributed by atoms with Gasteiger partial charge in [-0.2, -0.15) is 0 Å². The van der Waals surface area contributed by atoms with E-state index in [0.29, 0.717) is 17.5 Å². The second kappa shape index (κ2) is 7.72. The molecule has 0 saturated carbocycles. The van der Waals surface area contributed by atoms with Crippen LogP contribution in [0.4, 0.5) is 0 Å². The molecular weight excluding hydrogens is 368 g/mol. The second-order valence-corrected chi connectivity index (χ2v) is 6.67. The van der Waals surface area contributed by atoms with Gasteiger partial charge in [-0.05, 0) is 23.8 Å². The molecule has 0 N–H and O–H groups in total. The van der Waals surface area contributed by atoms with Crippen LogP contribution in [0.25, 0.3) is 0 Å². The summed E-state index contributed by atoms with van der Waals surface area (Å²) in [6.45, 7) is 0.160. The van der Waals surface area contributed by atoms with Gasteiger partial charge in [-0.25, -0.2) is 4.79 Å². The van der Waals surface area contributed by atoms with Gasteiger partial charge >= 0.3 is 5.97 Å². The quantitative estimate of drug-likeness (QED) is 0.487. The van der Waals surface area contributed by atoms with Crippen molar-refractivity contribution in [2.75, 3.05) is 13.7 Å². The molecule has 0 saturated heterocycles. The predicted molar refractivity (Wildman–Crippen MR) is 107 cm³/mol. The average Bonchev–Trinajstić information content (AvgIpc) is 2.77. The van der Waals surface area contributed by atoms with Crippen LogP contribution >= 0.6 is 0 Å². The van der Waals surface area contributed by atoms with E-state index in [2.05, 4.69) is 0 Å². The highest BCUT2D eigenvalue weighted by Gasteiger charge is 2.33. The standard InChI is InChI=1S/C24H18O5/c1-28-16-11-9-15(10-12-16)13-14-29-24(27)20-8-4-7-19-21(20)23(26)18-6-3-2-5-17(18)22(19)25/h2-12H,13-14H2,1H3. The van der Waals surface area contributed by atoms with Gasteiger partial charge in [0.2, 0.25) is 0 Å². The maximum absolute atomic E-state index is 13.0. The van der Waals surface area contributed by atoms with Crippen molar-refractivity contribution in [2.45, 2.75) is 6.42 Å². The van der Waals surface area contributed by atoms with Crippen LogP contribution in [0.1, 0.15) is 47.8 Å². The van der Waals surface area contributed by atoms with Crippen LogP contribution in [0.2, 0.25) is 0 Å². The molecule has 3 aromatic carbocycles. The SMILES string of the molecule is COc1ccc(CCOC(=O)c2cccc3c2C(=O)c2ccccc2C3=O)cc1. The highest BCUT2D eigenvalue weighted by Crippen LogP contribution is 2.29. The van der Waals surface area contributed by atoms with E-state index >= 15 is 0 Å². The average molecular weight is 386 g/mol. The number of hydrogen-bond donors (Lipinski definition) is 0. The molecule has 0 fully saturated rings. The van der Waals surface area contributed by atoms with E-state index in [4.69, 9.17) is 9.47 Å². The minimum atomic E-state index is -0.615. The van der Waals surface area contributed by atoms with Crippen molar-refractivity contribution in [3.8, 4) is 5.75 Å². The molecule has 0 heterocycles. The predicted octanol–water partition coefficient (Wildman–Crippen LogP) is 3.87. The normalized spacial score (nSPS) is 12.2. The summed E-state index contributed by atoms with van der Waals surface area (Å²) >= 11 is 0. The fourth-order valence-electron chi connectivity index (χ4n) is 3.45. The van der Waals surface area contributed by atoms with Gasteiger partial charge in [0.15, 0.2) is 11.6 Å². The van der Waals surface area contributed by atoms with Gasteiger partial charge in [-0.15, -0.1) is 0 Å². The Kier molecular flexibility index (Phi) is 4.96. The van der Waals surface area contributed by atoms with Gasteiger partial charge < -0.3 is 9.47 Å². The number of rotatable bonds is 5. The molecule has 0 aromatic heterocycles. The topological polar surface area (TPSA) is 69.7 Å². The highest BCUT2D eigenvalue weighted by atomic mass is 16.5. The van der Waals surface area contributed by atoms with Crippen LogP contribution in [-0.2, 0) is 11.2 Å². The number of carbonyl (C=O) groups excluding carboxylic acids is 3. The molecule has 0 bridgehead atoms. The second-order valence-electron chi connectivity index (χ2n) is 6.67. The van der Waals surface area contributed by atoms with E-state index < -0.39 is 5.97 Å². The monoisotopic (exact) mass is 386 g/mol. The van der Waals surface area contributed by atoms with E-state index in [9.17, 15) is 14.4 Å². The van der Waals surface area contributed by atoms with Crippen LogP contribution in [0.3, 0.4) is 0 Å². The first-order chi connectivity index (χ1) is 14.1. The third-order valence-corrected chi connectivity index (χ3v) is 4.96. The molecule has 0 amide bonds. The largest absolute Gasteiger partial charge is 0.497 e. The Labute approximate surface area is 167 Å². The van der Waals surface area contributed by atoms with E-state index in [1.807, 2.05) is 24.3 Å². The summed E-state index contributed by atoms with van der Waals surface area (Å²) in [5, 5.41) is 0. The Balaban J connectivity index is 1.54.